The van der Waals surface area contributed by atoms with Crippen LogP contribution >= 0.6 is 11.6 Å². The average Bonchev–Trinajstić information content (AvgIpc) is 2.59. The maximum absolute atomic E-state index is 6.61. The maximum Gasteiger partial charge on any atom is 0.0409 e. The summed E-state index contributed by atoms with van der Waals surface area (Å²) in [4.78, 5) is 0. The van der Waals surface area contributed by atoms with Gasteiger partial charge in [-0.15, -0.1) is 11.6 Å². The van der Waals surface area contributed by atoms with Gasteiger partial charge >= 0.3 is 0 Å². The molecule has 0 bridgehead atoms. The van der Waals surface area contributed by atoms with E-state index in [1.165, 1.54) is 24.8 Å². The van der Waals surface area contributed by atoms with Gasteiger partial charge in [0.2, 0.25) is 0 Å². The number of benzene rings is 1. The van der Waals surface area contributed by atoms with Crippen molar-refractivity contribution < 1.29 is 0 Å². The van der Waals surface area contributed by atoms with Crippen LogP contribution < -0.4 is 0 Å². The number of alkyl halides is 1. The topological polar surface area (TPSA) is 0 Å². The summed E-state index contributed by atoms with van der Waals surface area (Å²) in [6.07, 6.45) is 4.98. The molecule has 88 valence electrons. The number of hydrogen-bond acceptors (Lipinski definition) is 0. The first-order valence-corrected chi connectivity index (χ1v) is 6.71. The van der Waals surface area contributed by atoms with E-state index in [1.54, 1.807) is 0 Å². The second-order valence-corrected chi connectivity index (χ2v) is 6.25. The van der Waals surface area contributed by atoms with Gasteiger partial charge in [0.25, 0.3) is 0 Å². The van der Waals surface area contributed by atoms with Crippen molar-refractivity contribution in [2.24, 2.45) is 11.3 Å². The largest absolute Gasteiger partial charge is 0.122 e. The fraction of sp³-hybridized carbons (Fsp3) is 0.600. The molecular weight excluding hydrogens is 216 g/mol. The van der Waals surface area contributed by atoms with E-state index in [-0.39, 0.29) is 0 Å². The van der Waals surface area contributed by atoms with E-state index in [4.69, 9.17) is 11.6 Å². The Morgan fingerprint density at radius 1 is 1.31 bits per heavy atom. The molecule has 0 N–H and O–H groups in total. The van der Waals surface area contributed by atoms with E-state index < -0.39 is 0 Å². The van der Waals surface area contributed by atoms with Gasteiger partial charge in [-0.05, 0) is 36.2 Å². The Balaban J connectivity index is 2.01. The molecule has 0 saturated heterocycles. The first-order valence-electron chi connectivity index (χ1n) is 6.27. The van der Waals surface area contributed by atoms with Crippen LogP contribution in [0.5, 0.6) is 0 Å². The minimum absolute atomic E-state index is 0.292. The summed E-state index contributed by atoms with van der Waals surface area (Å²) in [5, 5.41) is 0.292. The number of rotatable bonds is 3. The molecule has 1 fully saturated rings. The summed E-state index contributed by atoms with van der Waals surface area (Å²) in [6.45, 7) is 4.73. The molecule has 1 aromatic rings. The zero-order valence-corrected chi connectivity index (χ0v) is 11.0. The summed E-state index contributed by atoms with van der Waals surface area (Å²) >= 11 is 6.61. The van der Waals surface area contributed by atoms with Crippen molar-refractivity contribution in [3.63, 3.8) is 0 Å². The maximum atomic E-state index is 6.61. The molecule has 16 heavy (non-hydrogen) atoms. The predicted octanol–water partition coefficient (Wildman–Crippen LogP) is 4.66. The second kappa shape index (κ2) is 4.79. The summed E-state index contributed by atoms with van der Waals surface area (Å²) in [7, 11) is 0. The van der Waals surface area contributed by atoms with E-state index in [0.717, 1.165) is 6.42 Å². The van der Waals surface area contributed by atoms with Crippen LogP contribution in [0, 0.1) is 11.3 Å². The Labute approximate surface area is 104 Å². The molecule has 0 aromatic heterocycles. The normalized spacial score (nSPS) is 25.6. The Kier molecular flexibility index (Phi) is 3.59. The molecule has 0 spiro atoms. The third-order valence-corrected chi connectivity index (χ3v) is 4.51. The molecule has 2 unspecified atom stereocenters. The first-order chi connectivity index (χ1) is 7.59. The number of halogens is 1. The van der Waals surface area contributed by atoms with Gasteiger partial charge in [0.1, 0.15) is 0 Å². The first kappa shape index (κ1) is 12.0. The fourth-order valence-corrected chi connectivity index (χ4v) is 3.65. The van der Waals surface area contributed by atoms with Gasteiger partial charge in [-0.3, -0.25) is 0 Å². The lowest BCUT2D eigenvalue weighted by Crippen LogP contribution is -2.27. The van der Waals surface area contributed by atoms with Crippen molar-refractivity contribution in [1.82, 2.24) is 0 Å². The third-order valence-electron chi connectivity index (χ3n) is 4.05. The Hall–Kier alpha value is -0.490. The van der Waals surface area contributed by atoms with Crippen molar-refractivity contribution in [3.05, 3.63) is 35.9 Å². The van der Waals surface area contributed by atoms with Gasteiger partial charge in [0, 0.05) is 5.38 Å². The lowest BCUT2D eigenvalue weighted by Gasteiger charge is -2.30. The molecule has 0 heterocycles. The summed E-state index contributed by atoms with van der Waals surface area (Å²) in [5.74, 6) is 0.675. The van der Waals surface area contributed by atoms with E-state index in [2.05, 4.69) is 44.2 Å². The highest BCUT2D eigenvalue weighted by Gasteiger charge is 2.38. The van der Waals surface area contributed by atoms with Crippen molar-refractivity contribution in [3.8, 4) is 0 Å². The molecule has 2 rings (SSSR count). The van der Waals surface area contributed by atoms with Crippen LogP contribution in [0.4, 0.5) is 0 Å². The van der Waals surface area contributed by atoms with Gasteiger partial charge in [-0.2, -0.15) is 0 Å². The SMILES string of the molecule is CC1(C)CCCC1C(Cl)Cc1ccccc1. The molecule has 1 aliphatic carbocycles. The van der Waals surface area contributed by atoms with Crippen molar-refractivity contribution in [1.29, 1.82) is 0 Å². The zero-order valence-electron chi connectivity index (χ0n) is 10.2. The molecule has 0 nitrogen and oxygen atoms in total. The van der Waals surface area contributed by atoms with Crippen LogP contribution in [0.2, 0.25) is 0 Å². The Bertz CT molecular complexity index is 329. The Morgan fingerprint density at radius 3 is 2.56 bits per heavy atom. The highest BCUT2D eigenvalue weighted by Crippen LogP contribution is 2.46. The minimum Gasteiger partial charge on any atom is -0.122 e. The third kappa shape index (κ3) is 2.60. The molecule has 1 heteroatoms. The van der Waals surface area contributed by atoms with Crippen LogP contribution in [0.3, 0.4) is 0 Å². The zero-order chi connectivity index (χ0) is 11.6. The predicted molar refractivity (Wildman–Crippen MR) is 70.9 cm³/mol. The number of hydrogen-bond donors (Lipinski definition) is 0. The van der Waals surface area contributed by atoms with E-state index in [9.17, 15) is 0 Å². The lowest BCUT2D eigenvalue weighted by atomic mass is 9.78. The highest BCUT2D eigenvalue weighted by atomic mass is 35.5. The van der Waals surface area contributed by atoms with Crippen molar-refractivity contribution >= 4 is 11.6 Å². The van der Waals surface area contributed by atoms with Crippen LogP contribution in [0.15, 0.2) is 30.3 Å². The van der Waals surface area contributed by atoms with E-state index >= 15 is 0 Å². The monoisotopic (exact) mass is 236 g/mol. The lowest BCUT2D eigenvalue weighted by molar-refractivity contribution is 0.250. The second-order valence-electron chi connectivity index (χ2n) is 5.69. The molecule has 1 saturated carbocycles. The smallest absolute Gasteiger partial charge is 0.0409 e. The van der Waals surface area contributed by atoms with Gasteiger partial charge in [-0.1, -0.05) is 50.6 Å². The molecule has 0 radical (unpaired) electrons. The standard InChI is InChI=1S/C15H21Cl/c1-15(2)10-6-9-13(15)14(16)11-12-7-4-3-5-8-12/h3-5,7-8,13-14H,6,9-11H2,1-2H3. The quantitative estimate of drug-likeness (QED) is 0.670. The summed E-state index contributed by atoms with van der Waals surface area (Å²) in [6, 6.07) is 10.6. The van der Waals surface area contributed by atoms with Crippen molar-refractivity contribution in [2.75, 3.05) is 0 Å². The molecule has 0 amide bonds. The van der Waals surface area contributed by atoms with Gasteiger partial charge < -0.3 is 0 Å². The van der Waals surface area contributed by atoms with Crippen LogP contribution in [0.25, 0.3) is 0 Å². The fourth-order valence-electron chi connectivity index (χ4n) is 3.01. The molecule has 2 atom stereocenters. The van der Waals surface area contributed by atoms with E-state index in [1.807, 2.05) is 0 Å². The molecule has 0 aliphatic heterocycles. The van der Waals surface area contributed by atoms with Gasteiger partial charge in [0.15, 0.2) is 0 Å². The molecule has 1 aromatic carbocycles. The minimum atomic E-state index is 0.292. The highest BCUT2D eigenvalue weighted by molar-refractivity contribution is 6.21. The Morgan fingerprint density at radius 2 is 2.00 bits per heavy atom. The molecular formula is C15H21Cl. The van der Waals surface area contributed by atoms with E-state index in [0.29, 0.717) is 16.7 Å². The average molecular weight is 237 g/mol. The van der Waals surface area contributed by atoms with Crippen molar-refractivity contribution in [2.45, 2.75) is 44.9 Å². The van der Waals surface area contributed by atoms with Crippen LogP contribution in [-0.2, 0) is 6.42 Å². The molecule has 1 aliphatic rings. The van der Waals surface area contributed by atoms with Gasteiger partial charge in [0.05, 0.1) is 0 Å². The van der Waals surface area contributed by atoms with Crippen LogP contribution in [-0.4, -0.2) is 5.38 Å². The van der Waals surface area contributed by atoms with Crippen LogP contribution in [0.1, 0.15) is 38.7 Å². The van der Waals surface area contributed by atoms with Gasteiger partial charge in [-0.25, -0.2) is 0 Å². The summed E-state index contributed by atoms with van der Waals surface area (Å²) < 4.78 is 0. The summed E-state index contributed by atoms with van der Waals surface area (Å²) in [5.41, 5.74) is 1.80.